The summed E-state index contributed by atoms with van der Waals surface area (Å²) < 4.78 is 53.1. The number of nitrogens with one attached hydrogen (secondary N) is 2. The molecule has 1 amide bonds. The number of halogens is 2. The second-order valence-electron chi connectivity index (χ2n) is 6.32. The number of hydrogen-bond acceptors (Lipinski definition) is 3. The highest BCUT2D eigenvalue weighted by molar-refractivity contribution is 7.89. The lowest BCUT2D eigenvalue weighted by Crippen LogP contribution is -3.15. The Kier molecular flexibility index (Phi) is 5.83. The Balaban J connectivity index is 1.54. The Morgan fingerprint density at radius 1 is 1.07 bits per heavy atom. The van der Waals surface area contributed by atoms with Crippen LogP contribution < -0.4 is 10.2 Å². The summed E-state index contributed by atoms with van der Waals surface area (Å²) in [6.45, 7) is 1.60. The molecule has 0 aromatic heterocycles. The number of anilines is 1. The van der Waals surface area contributed by atoms with E-state index in [4.69, 9.17) is 0 Å². The summed E-state index contributed by atoms with van der Waals surface area (Å²) in [5, 5.41) is 2.42. The number of rotatable bonds is 5. The Labute approximate surface area is 156 Å². The van der Waals surface area contributed by atoms with Gasteiger partial charge in [0.05, 0.1) is 36.8 Å². The van der Waals surface area contributed by atoms with Crippen LogP contribution in [0, 0.1) is 11.6 Å². The highest BCUT2D eigenvalue weighted by Gasteiger charge is 2.31. The number of carbonyl (C=O) groups excluding carboxylic acids is 1. The van der Waals surface area contributed by atoms with E-state index in [2.05, 4.69) is 5.32 Å². The molecule has 9 heteroatoms. The number of nitrogens with zero attached hydrogens (tertiary/aromatic N) is 1. The third-order valence-corrected chi connectivity index (χ3v) is 6.34. The van der Waals surface area contributed by atoms with Crippen LogP contribution in [0.3, 0.4) is 0 Å². The Morgan fingerprint density at radius 2 is 1.74 bits per heavy atom. The van der Waals surface area contributed by atoms with Crippen LogP contribution in [0.1, 0.15) is 0 Å². The minimum atomic E-state index is -3.54. The number of sulfonamides is 1. The van der Waals surface area contributed by atoms with Gasteiger partial charge in [-0.05, 0) is 24.3 Å². The first-order chi connectivity index (χ1) is 12.9. The smallest absolute Gasteiger partial charge is 0.279 e. The van der Waals surface area contributed by atoms with Crippen molar-refractivity contribution in [2.45, 2.75) is 4.90 Å². The summed E-state index contributed by atoms with van der Waals surface area (Å²) >= 11 is 0. The fraction of sp³-hybridized carbons (Fsp3) is 0.278. The van der Waals surface area contributed by atoms with Crippen molar-refractivity contribution in [2.24, 2.45) is 0 Å². The lowest BCUT2D eigenvalue weighted by Gasteiger charge is -2.31. The molecule has 2 aromatic rings. The molecule has 0 aliphatic carbocycles. The predicted molar refractivity (Wildman–Crippen MR) is 95.8 cm³/mol. The second kappa shape index (κ2) is 8.12. The zero-order valence-corrected chi connectivity index (χ0v) is 15.3. The standard InChI is InChI=1S/C18H19F2N3O3S/c19-14-6-7-17(16(20)12-14)21-18(24)13-22-8-10-23(11-9-22)27(25,26)15-4-2-1-3-5-15/h1-7,12H,8-11,13H2,(H,21,24)/p+1. The van der Waals surface area contributed by atoms with Gasteiger partial charge >= 0.3 is 0 Å². The summed E-state index contributed by atoms with van der Waals surface area (Å²) in [5.41, 5.74) is -0.0777. The predicted octanol–water partition coefficient (Wildman–Crippen LogP) is 0.493. The minimum Gasteiger partial charge on any atom is -0.325 e. The fourth-order valence-electron chi connectivity index (χ4n) is 2.97. The number of amides is 1. The summed E-state index contributed by atoms with van der Waals surface area (Å²) in [5.74, 6) is -1.96. The van der Waals surface area contributed by atoms with Gasteiger partial charge in [0.1, 0.15) is 11.6 Å². The van der Waals surface area contributed by atoms with Gasteiger partial charge in [0.25, 0.3) is 5.91 Å². The lowest BCUT2D eigenvalue weighted by molar-refractivity contribution is -0.895. The maximum atomic E-state index is 13.6. The first-order valence-corrected chi connectivity index (χ1v) is 9.94. The fourth-order valence-corrected chi connectivity index (χ4v) is 4.44. The van der Waals surface area contributed by atoms with Crippen LogP contribution in [0.5, 0.6) is 0 Å². The van der Waals surface area contributed by atoms with Crippen LogP contribution in [0.2, 0.25) is 0 Å². The Bertz CT molecular complexity index is 915. The SMILES string of the molecule is O=C(C[NH+]1CCN(S(=O)(=O)c2ccccc2)CC1)Nc1ccc(F)cc1F. The number of carbonyl (C=O) groups is 1. The molecule has 0 bridgehead atoms. The molecule has 1 heterocycles. The quantitative estimate of drug-likeness (QED) is 0.773. The summed E-state index contributed by atoms with van der Waals surface area (Å²) in [7, 11) is -3.54. The number of benzene rings is 2. The van der Waals surface area contributed by atoms with Crippen LogP contribution in [-0.4, -0.2) is 51.4 Å². The van der Waals surface area contributed by atoms with Gasteiger partial charge in [0, 0.05) is 6.07 Å². The van der Waals surface area contributed by atoms with E-state index in [-0.39, 0.29) is 17.1 Å². The zero-order chi connectivity index (χ0) is 19.4. The number of hydrogen-bond donors (Lipinski definition) is 2. The van der Waals surface area contributed by atoms with Gasteiger partial charge in [0.2, 0.25) is 10.0 Å². The van der Waals surface area contributed by atoms with Gasteiger partial charge in [-0.3, -0.25) is 4.79 Å². The van der Waals surface area contributed by atoms with E-state index in [1.165, 1.54) is 10.4 Å². The van der Waals surface area contributed by atoms with Crippen molar-refractivity contribution < 1.29 is 26.9 Å². The molecule has 27 heavy (non-hydrogen) atoms. The largest absolute Gasteiger partial charge is 0.325 e. The van der Waals surface area contributed by atoms with Crippen LogP contribution in [0.25, 0.3) is 0 Å². The average Bonchev–Trinajstić information content (AvgIpc) is 2.65. The van der Waals surface area contributed by atoms with Gasteiger partial charge in [-0.2, -0.15) is 4.31 Å². The molecule has 0 saturated carbocycles. The van der Waals surface area contributed by atoms with Crippen molar-refractivity contribution in [3.8, 4) is 0 Å². The van der Waals surface area contributed by atoms with Gasteiger partial charge in [0.15, 0.2) is 6.54 Å². The molecular formula is C18H20F2N3O3S+. The first-order valence-electron chi connectivity index (χ1n) is 8.50. The molecule has 2 aromatic carbocycles. The van der Waals surface area contributed by atoms with E-state index in [0.717, 1.165) is 11.0 Å². The average molecular weight is 396 g/mol. The zero-order valence-electron chi connectivity index (χ0n) is 14.5. The molecule has 2 N–H and O–H groups in total. The summed E-state index contributed by atoms with van der Waals surface area (Å²) in [4.78, 5) is 13.2. The lowest BCUT2D eigenvalue weighted by atomic mass is 10.3. The van der Waals surface area contributed by atoms with Crippen LogP contribution in [0.15, 0.2) is 53.4 Å². The molecular weight excluding hydrogens is 376 g/mol. The van der Waals surface area contributed by atoms with E-state index in [1.54, 1.807) is 30.3 Å². The molecule has 1 aliphatic rings. The Morgan fingerprint density at radius 3 is 2.37 bits per heavy atom. The van der Waals surface area contributed by atoms with Crippen molar-refractivity contribution in [3.05, 3.63) is 60.2 Å². The van der Waals surface area contributed by atoms with Gasteiger partial charge in [-0.25, -0.2) is 17.2 Å². The topological polar surface area (TPSA) is 70.9 Å². The number of piperazine rings is 1. The molecule has 1 fully saturated rings. The van der Waals surface area contributed by atoms with E-state index in [0.29, 0.717) is 32.2 Å². The molecule has 0 atom stereocenters. The molecule has 0 unspecified atom stereocenters. The van der Waals surface area contributed by atoms with Crippen LogP contribution >= 0.6 is 0 Å². The van der Waals surface area contributed by atoms with E-state index >= 15 is 0 Å². The summed E-state index contributed by atoms with van der Waals surface area (Å²) in [6.07, 6.45) is 0. The highest BCUT2D eigenvalue weighted by atomic mass is 32.2. The van der Waals surface area contributed by atoms with Gasteiger partial charge in [-0.1, -0.05) is 18.2 Å². The molecule has 3 rings (SSSR count). The molecule has 1 aliphatic heterocycles. The Hall–Kier alpha value is -2.36. The van der Waals surface area contributed by atoms with Gasteiger partial charge in [-0.15, -0.1) is 0 Å². The number of quaternary nitrogens is 1. The molecule has 144 valence electrons. The molecule has 1 saturated heterocycles. The first kappa shape index (κ1) is 19.4. The third kappa shape index (κ3) is 4.68. The van der Waals surface area contributed by atoms with Crippen molar-refractivity contribution >= 4 is 21.6 Å². The van der Waals surface area contributed by atoms with Crippen LogP contribution in [-0.2, 0) is 14.8 Å². The maximum Gasteiger partial charge on any atom is 0.279 e. The van der Waals surface area contributed by atoms with Crippen molar-refractivity contribution in [1.82, 2.24) is 4.31 Å². The summed E-state index contributed by atoms with van der Waals surface area (Å²) in [6, 6.07) is 11.2. The monoisotopic (exact) mass is 396 g/mol. The molecule has 6 nitrogen and oxygen atoms in total. The van der Waals surface area contributed by atoms with E-state index in [1.807, 2.05) is 0 Å². The van der Waals surface area contributed by atoms with E-state index in [9.17, 15) is 22.0 Å². The third-order valence-electron chi connectivity index (χ3n) is 4.43. The highest BCUT2D eigenvalue weighted by Crippen LogP contribution is 2.15. The normalized spacial score (nSPS) is 16.2. The van der Waals surface area contributed by atoms with Crippen molar-refractivity contribution in [2.75, 3.05) is 38.0 Å². The van der Waals surface area contributed by atoms with Crippen LogP contribution in [0.4, 0.5) is 14.5 Å². The maximum absolute atomic E-state index is 13.6. The van der Waals surface area contributed by atoms with Gasteiger partial charge < -0.3 is 10.2 Å². The minimum absolute atomic E-state index is 0.0777. The second-order valence-corrected chi connectivity index (χ2v) is 8.25. The van der Waals surface area contributed by atoms with E-state index < -0.39 is 27.6 Å². The molecule has 0 radical (unpaired) electrons. The van der Waals surface area contributed by atoms with Crippen molar-refractivity contribution in [1.29, 1.82) is 0 Å². The molecule has 0 spiro atoms. The van der Waals surface area contributed by atoms with Crippen molar-refractivity contribution in [3.63, 3.8) is 0 Å².